The Hall–Kier alpha value is -0.850. The summed E-state index contributed by atoms with van der Waals surface area (Å²) in [6.07, 6.45) is 3.67. The maximum atomic E-state index is 11.1. The lowest BCUT2D eigenvalue weighted by molar-refractivity contribution is -0.384. The molecule has 0 radical (unpaired) electrons. The minimum atomic E-state index is -0.422. The van der Waals surface area contributed by atoms with E-state index in [1.165, 1.54) is 0 Å². The number of hydrogen-bond acceptors (Lipinski definition) is 4. The summed E-state index contributed by atoms with van der Waals surface area (Å²) in [4.78, 5) is 13.0. The Balaban J connectivity index is 0.00000242. The van der Waals surface area contributed by atoms with Crippen LogP contribution in [0.4, 0.5) is 5.69 Å². The van der Waals surface area contributed by atoms with Gasteiger partial charge in [-0.15, -0.1) is 31.4 Å². The summed E-state index contributed by atoms with van der Waals surface area (Å²) in [5.41, 5.74) is 0.933. The number of allylic oxidation sites excluding steroid dienone is 1. The molecule has 1 N–H and O–H groups in total. The van der Waals surface area contributed by atoms with Gasteiger partial charge in [-0.2, -0.15) is 0 Å². The Bertz CT molecular complexity index is 523. The van der Waals surface area contributed by atoms with E-state index < -0.39 is 4.92 Å². The van der Waals surface area contributed by atoms with Crippen LogP contribution in [0.15, 0.2) is 30.9 Å². The number of hydrogen-bond donors (Lipinski definition) is 1. The van der Waals surface area contributed by atoms with E-state index in [4.69, 9.17) is 11.6 Å². The summed E-state index contributed by atoms with van der Waals surface area (Å²) in [6.45, 7) is 7.55. The normalized spacial score (nSPS) is 15.9. The smallest absolute Gasteiger partial charge is 0.288 e. The van der Waals surface area contributed by atoms with E-state index in [-0.39, 0.29) is 41.6 Å². The van der Waals surface area contributed by atoms with Crippen molar-refractivity contribution >= 4 is 42.1 Å². The van der Waals surface area contributed by atoms with Crippen LogP contribution < -0.4 is 5.32 Å². The number of piperazine rings is 1. The maximum Gasteiger partial charge on any atom is 0.288 e. The molecule has 1 saturated heterocycles. The van der Waals surface area contributed by atoms with Crippen LogP contribution in [-0.4, -0.2) is 36.0 Å². The molecule has 1 aliphatic rings. The van der Waals surface area contributed by atoms with E-state index in [0.717, 1.165) is 44.6 Å². The van der Waals surface area contributed by atoms with Crippen molar-refractivity contribution in [2.75, 3.05) is 26.2 Å². The third-order valence-electron chi connectivity index (χ3n) is 3.79. The van der Waals surface area contributed by atoms with Crippen molar-refractivity contribution in [2.45, 2.75) is 18.9 Å². The molecule has 1 aromatic carbocycles. The maximum absolute atomic E-state index is 11.1. The molecule has 1 atom stereocenters. The van der Waals surface area contributed by atoms with Crippen molar-refractivity contribution < 1.29 is 4.92 Å². The highest BCUT2D eigenvalue weighted by Gasteiger charge is 2.24. The fraction of sp³-hybridized carbons (Fsp3) is 0.467. The zero-order valence-corrected chi connectivity index (χ0v) is 15.1. The molecule has 23 heavy (non-hydrogen) atoms. The van der Waals surface area contributed by atoms with Gasteiger partial charge in [0.15, 0.2) is 0 Å². The molecule has 0 saturated carbocycles. The SMILES string of the molecule is C=CCC[C@H](c1ccc(Cl)c([N+](=O)[O-])c1)N1CCNCC1.Cl.Cl. The molecule has 1 fully saturated rings. The largest absolute Gasteiger partial charge is 0.314 e. The lowest BCUT2D eigenvalue weighted by Crippen LogP contribution is -2.45. The number of nitrogens with zero attached hydrogens (tertiary/aromatic N) is 2. The molecule has 1 aliphatic heterocycles. The molecule has 0 unspecified atom stereocenters. The van der Waals surface area contributed by atoms with Crippen LogP contribution in [0.5, 0.6) is 0 Å². The van der Waals surface area contributed by atoms with E-state index >= 15 is 0 Å². The second-order valence-electron chi connectivity index (χ2n) is 5.14. The Labute approximate surface area is 154 Å². The van der Waals surface area contributed by atoms with Gasteiger partial charge in [0.25, 0.3) is 5.69 Å². The van der Waals surface area contributed by atoms with Crippen LogP contribution in [0.3, 0.4) is 0 Å². The molecule has 130 valence electrons. The number of halogens is 3. The molecule has 0 amide bonds. The second-order valence-corrected chi connectivity index (χ2v) is 5.54. The molecule has 0 spiro atoms. The van der Waals surface area contributed by atoms with Gasteiger partial charge in [0.2, 0.25) is 0 Å². The minimum Gasteiger partial charge on any atom is -0.314 e. The molecule has 0 bridgehead atoms. The predicted octanol–water partition coefficient (Wildman–Crippen LogP) is 4.00. The van der Waals surface area contributed by atoms with Crippen molar-refractivity contribution in [1.29, 1.82) is 0 Å². The van der Waals surface area contributed by atoms with E-state index in [0.29, 0.717) is 0 Å². The van der Waals surface area contributed by atoms with Crippen molar-refractivity contribution in [3.63, 3.8) is 0 Å². The summed E-state index contributed by atoms with van der Waals surface area (Å²) in [7, 11) is 0. The highest BCUT2D eigenvalue weighted by atomic mass is 35.5. The van der Waals surface area contributed by atoms with Gasteiger partial charge in [-0.25, -0.2) is 0 Å². The predicted molar refractivity (Wildman–Crippen MR) is 99.2 cm³/mol. The Morgan fingerprint density at radius 1 is 1.39 bits per heavy atom. The van der Waals surface area contributed by atoms with Gasteiger partial charge >= 0.3 is 0 Å². The average Bonchev–Trinajstić information content (AvgIpc) is 2.50. The molecule has 0 aromatic heterocycles. The van der Waals surface area contributed by atoms with Gasteiger partial charge in [-0.3, -0.25) is 15.0 Å². The molecule has 8 heteroatoms. The van der Waals surface area contributed by atoms with Gasteiger partial charge in [0.1, 0.15) is 5.02 Å². The Morgan fingerprint density at radius 3 is 2.61 bits per heavy atom. The van der Waals surface area contributed by atoms with Crippen LogP contribution in [0.1, 0.15) is 24.4 Å². The third-order valence-corrected chi connectivity index (χ3v) is 4.11. The van der Waals surface area contributed by atoms with Gasteiger partial charge in [-0.1, -0.05) is 23.7 Å². The van der Waals surface area contributed by atoms with Gasteiger partial charge in [0.05, 0.1) is 4.92 Å². The molecular formula is C15H22Cl3N3O2. The number of benzene rings is 1. The number of rotatable bonds is 6. The number of nitro benzene ring substituents is 1. The zero-order chi connectivity index (χ0) is 15.2. The first-order chi connectivity index (χ1) is 10.1. The molecular weight excluding hydrogens is 361 g/mol. The lowest BCUT2D eigenvalue weighted by Gasteiger charge is -2.35. The van der Waals surface area contributed by atoms with Gasteiger partial charge in [-0.05, 0) is 24.5 Å². The molecule has 0 aliphatic carbocycles. The van der Waals surface area contributed by atoms with Crippen molar-refractivity contribution in [1.82, 2.24) is 10.2 Å². The third kappa shape index (κ3) is 5.94. The lowest BCUT2D eigenvalue weighted by atomic mass is 9.99. The quantitative estimate of drug-likeness (QED) is 0.459. The van der Waals surface area contributed by atoms with E-state index in [1.807, 2.05) is 12.1 Å². The zero-order valence-electron chi connectivity index (χ0n) is 12.7. The monoisotopic (exact) mass is 381 g/mol. The fourth-order valence-electron chi connectivity index (χ4n) is 2.71. The summed E-state index contributed by atoms with van der Waals surface area (Å²) in [5, 5.41) is 14.6. The van der Waals surface area contributed by atoms with Gasteiger partial charge in [0, 0.05) is 38.3 Å². The molecule has 2 rings (SSSR count). The van der Waals surface area contributed by atoms with Crippen molar-refractivity contribution in [3.8, 4) is 0 Å². The summed E-state index contributed by atoms with van der Waals surface area (Å²) in [6, 6.07) is 5.29. The van der Waals surface area contributed by atoms with Crippen LogP contribution in [0, 0.1) is 10.1 Å². The summed E-state index contributed by atoms with van der Waals surface area (Å²) < 4.78 is 0. The highest BCUT2D eigenvalue weighted by Crippen LogP contribution is 2.32. The van der Waals surface area contributed by atoms with Gasteiger partial charge < -0.3 is 5.32 Å². The van der Waals surface area contributed by atoms with Crippen molar-refractivity contribution in [2.24, 2.45) is 0 Å². The van der Waals surface area contributed by atoms with Crippen molar-refractivity contribution in [3.05, 3.63) is 51.6 Å². The Kier molecular flexibility index (Phi) is 10.4. The molecule has 1 heterocycles. The van der Waals surface area contributed by atoms with E-state index in [9.17, 15) is 10.1 Å². The highest BCUT2D eigenvalue weighted by molar-refractivity contribution is 6.32. The first-order valence-corrected chi connectivity index (χ1v) is 7.50. The summed E-state index contributed by atoms with van der Waals surface area (Å²) in [5.74, 6) is 0. The van der Waals surface area contributed by atoms with Crippen LogP contribution in [-0.2, 0) is 0 Å². The molecule has 1 aromatic rings. The Morgan fingerprint density at radius 2 is 2.04 bits per heavy atom. The number of nitrogens with one attached hydrogen (secondary N) is 1. The van der Waals surface area contributed by atoms with Crippen LogP contribution >= 0.6 is 36.4 Å². The fourth-order valence-corrected chi connectivity index (χ4v) is 2.89. The first kappa shape index (κ1) is 22.1. The topological polar surface area (TPSA) is 58.4 Å². The van der Waals surface area contributed by atoms with E-state index in [2.05, 4.69) is 16.8 Å². The standard InChI is InChI=1S/C15H20ClN3O2.2ClH/c1-2-3-4-14(18-9-7-17-8-10-18)12-5-6-13(16)15(11-12)19(20)21;;/h2,5-6,11,14,17H,1,3-4,7-10H2;2*1H/t14-;;/m1../s1. The van der Waals surface area contributed by atoms with E-state index in [1.54, 1.807) is 12.1 Å². The van der Waals surface area contributed by atoms with Crippen LogP contribution in [0.25, 0.3) is 0 Å². The second kappa shape index (κ2) is 10.8. The number of nitro groups is 1. The minimum absolute atomic E-state index is 0. The first-order valence-electron chi connectivity index (χ1n) is 7.13. The van der Waals surface area contributed by atoms with Crippen LogP contribution in [0.2, 0.25) is 5.02 Å². The average molecular weight is 383 g/mol. The summed E-state index contributed by atoms with van der Waals surface area (Å²) >= 11 is 5.90. The molecule has 5 nitrogen and oxygen atoms in total.